The lowest BCUT2D eigenvalue weighted by molar-refractivity contribution is -0.119. The molecule has 1 saturated heterocycles. The van der Waals surface area contributed by atoms with Crippen molar-refractivity contribution in [2.75, 3.05) is 38.7 Å². The molecule has 0 aliphatic carbocycles. The lowest BCUT2D eigenvalue weighted by Gasteiger charge is -2.33. The molecule has 1 heterocycles. The Bertz CT molecular complexity index is 224. The summed E-state index contributed by atoms with van der Waals surface area (Å²) in [5.74, 6) is 0.546. The summed E-state index contributed by atoms with van der Waals surface area (Å²) in [6.45, 7) is 8.68. The van der Waals surface area contributed by atoms with Gasteiger partial charge in [0, 0.05) is 26.2 Å². The highest BCUT2D eigenvalue weighted by molar-refractivity contribution is 6.27. The predicted octanol–water partition coefficient (Wildman–Crippen LogP) is 0.698. The number of carbonyl (C=O) groups excluding carboxylic acids is 1. The van der Waals surface area contributed by atoms with Gasteiger partial charge in [0.25, 0.3) is 0 Å². The third kappa shape index (κ3) is 5.14. The molecule has 0 aromatic carbocycles. The van der Waals surface area contributed by atoms with Crippen LogP contribution in [0, 0.1) is 5.92 Å². The summed E-state index contributed by atoms with van der Waals surface area (Å²) in [6, 6.07) is 0. The molecule has 0 bridgehead atoms. The summed E-state index contributed by atoms with van der Waals surface area (Å²) in [7, 11) is 0. The molecule has 1 rings (SSSR count). The SMILES string of the molecule is CC(C)CN1CCO[C@H](CNC(=O)CCl)C1. The molecule has 1 atom stereocenters. The van der Waals surface area contributed by atoms with Crippen LogP contribution in [0.1, 0.15) is 13.8 Å². The van der Waals surface area contributed by atoms with Gasteiger partial charge >= 0.3 is 0 Å². The van der Waals surface area contributed by atoms with E-state index in [1.807, 2.05) is 0 Å². The standard InChI is InChI=1S/C11H21ClN2O2/c1-9(2)7-14-3-4-16-10(8-14)6-13-11(15)5-12/h9-10H,3-8H2,1-2H3,(H,13,15)/t10-/m1/s1. The lowest BCUT2D eigenvalue weighted by Crippen LogP contribution is -2.48. The first kappa shape index (κ1) is 13.7. The van der Waals surface area contributed by atoms with Crippen molar-refractivity contribution >= 4 is 17.5 Å². The van der Waals surface area contributed by atoms with Crippen LogP contribution in [0.25, 0.3) is 0 Å². The zero-order valence-corrected chi connectivity index (χ0v) is 10.8. The monoisotopic (exact) mass is 248 g/mol. The first-order chi connectivity index (χ1) is 7.61. The van der Waals surface area contributed by atoms with Gasteiger partial charge in [0.1, 0.15) is 5.88 Å². The molecule has 0 radical (unpaired) electrons. The van der Waals surface area contributed by atoms with E-state index in [4.69, 9.17) is 16.3 Å². The molecule has 1 aliphatic rings. The number of alkyl halides is 1. The van der Waals surface area contributed by atoms with Crippen LogP contribution in [0.15, 0.2) is 0 Å². The van der Waals surface area contributed by atoms with Gasteiger partial charge in [-0.3, -0.25) is 9.69 Å². The topological polar surface area (TPSA) is 41.6 Å². The Morgan fingerprint density at radius 2 is 2.38 bits per heavy atom. The van der Waals surface area contributed by atoms with Gasteiger partial charge < -0.3 is 10.1 Å². The van der Waals surface area contributed by atoms with Crippen LogP contribution >= 0.6 is 11.6 Å². The number of nitrogens with zero attached hydrogens (tertiary/aromatic N) is 1. The average Bonchev–Trinajstić information content (AvgIpc) is 2.25. The van der Waals surface area contributed by atoms with Gasteiger partial charge in [0.15, 0.2) is 0 Å². The number of ether oxygens (including phenoxy) is 1. The van der Waals surface area contributed by atoms with E-state index >= 15 is 0 Å². The molecular formula is C11H21ClN2O2. The highest BCUT2D eigenvalue weighted by Gasteiger charge is 2.21. The number of morpholine rings is 1. The molecule has 1 aliphatic heterocycles. The molecule has 1 fully saturated rings. The second kappa shape index (κ2) is 7.09. The Morgan fingerprint density at radius 1 is 1.62 bits per heavy atom. The molecule has 1 N–H and O–H groups in total. The molecule has 0 aromatic heterocycles. The minimum absolute atomic E-state index is 0.0163. The number of carbonyl (C=O) groups is 1. The minimum atomic E-state index is -0.133. The molecule has 94 valence electrons. The summed E-state index contributed by atoms with van der Waals surface area (Å²) in [4.78, 5) is 13.4. The van der Waals surface area contributed by atoms with Crippen molar-refractivity contribution in [3.05, 3.63) is 0 Å². The largest absolute Gasteiger partial charge is 0.374 e. The van der Waals surface area contributed by atoms with Crippen LogP contribution < -0.4 is 5.32 Å². The molecule has 0 saturated carbocycles. The molecule has 0 spiro atoms. The van der Waals surface area contributed by atoms with Gasteiger partial charge in [0.05, 0.1) is 12.7 Å². The normalized spacial score (nSPS) is 22.4. The predicted molar refractivity (Wildman–Crippen MR) is 64.7 cm³/mol. The van der Waals surface area contributed by atoms with E-state index in [9.17, 15) is 4.79 Å². The van der Waals surface area contributed by atoms with Crippen LogP contribution in [-0.4, -0.2) is 55.6 Å². The van der Waals surface area contributed by atoms with Crippen molar-refractivity contribution in [1.29, 1.82) is 0 Å². The van der Waals surface area contributed by atoms with Crippen LogP contribution in [0.4, 0.5) is 0 Å². The number of hydrogen-bond donors (Lipinski definition) is 1. The van der Waals surface area contributed by atoms with Gasteiger partial charge in [0.2, 0.25) is 5.91 Å². The third-order valence-electron chi connectivity index (χ3n) is 2.49. The Balaban J connectivity index is 2.24. The molecular weight excluding hydrogens is 228 g/mol. The summed E-state index contributed by atoms with van der Waals surface area (Å²) < 4.78 is 5.59. The van der Waals surface area contributed by atoms with Crippen LogP contribution in [0.3, 0.4) is 0 Å². The van der Waals surface area contributed by atoms with Gasteiger partial charge in [-0.2, -0.15) is 0 Å². The van der Waals surface area contributed by atoms with Crippen molar-refractivity contribution in [1.82, 2.24) is 10.2 Å². The number of amides is 1. The zero-order valence-electron chi connectivity index (χ0n) is 10.0. The molecule has 0 aromatic rings. The Hall–Kier alpha value is -0.320. The molecule has 1 amide bonds. The van der Waals surface area contributed by atoms with Gasteiger partial charge in [-0.25, -0.2) is 0 Å². The molecule has 5 heteroatoms. The maximum Gasteiger partial charge on any atom is 0.235 e. The van der Waals surface area contributed by atoms with Crippen molar-refractivity contribution in [2.24, 2.45) is 5.92 Å². The maximum absolute atomic E-state index is 11.0. The van der Waals surface area contributed by atoms with Crippen molar-refractivity contribution in [3.63, 3.8) is 0 Å². The number of rotatable bonds is 5. The van der Waals surface area contributed by atoms with E-state index in [0.717, 1.165) is 26.2 Å². The first-order valence-electron chi connectivity index (χ1n) is 5.78. The second-order valence-electron chi connectivity index (χ2n) is 4.58. The van der Waals surface area contributed by atoms with Gasteiger partial charge in [-0.05, 0) is 5.92 Å². The first-order valence-corrected chi connectivity index (χ1v) is 6.32. The van der Waals surface area contributed by atoms with Gasteiger partial charge in [-0.1, -0.05) is 13.8 Å². The minimum Gasteiger partial charge on any atom is -0.374 e. The van der Waals surface area contributed by atoms with Crippen LogP contribution in [0.5, 0.6) is 0 Å². The summed E-state index contributed by atoms with van der Waals surface area (Å²) in [5.41, 5.74) is 0. The lowest BCUT2D eigenvalue weighted by atomic mass is 10.2. The summed E-state index contributed by atoms with van der Waals surface area (Å²) in [5, 5.41) is 2.75. The quantitative estimate of drug-likeness (QED) is 0.729. The van der Waals surface area contributed by atoms with Crippen LogP contribution in [0.2, 0.25) is 0 Å². The highest BCUT2D eigenvalue weighted by Crippen LogP contribution is 2.07. The van der Waals surface area contributed by atoms with Crippen molar-refractivity contribution < 1.29 is 9.53 Å². The Labute approximate surface area is 102 Å². The maximum atomic E-state index is 11.0. The van der Waals surface area contributed by atoms with E-state index in [0.29, 0.717) is 12.5 Å². The third-order valence-corrected chi connectivity index (χ3v) is 2.74. The van der Waals surface area contributed by atoms with Crippen molar-refractivity contribution in [2.45, 2.75) is 20.0 Å². The fourth-order valence-corrected chi connectivity index (χ4v) is 1.96. The fourth-order valence-electron chi connectivity index (χ4n) is 1.86. The molecule has 16 heavy (non-hydrogen) atoms. The summed E-state index contributed by atoms with van der Waals surface area (Å²) >= 11 is 5.40. The van der Waals surface area contributed by atoms with E-state index in [-0.39, 0.29) is 17.9 Å². The second-order valence-corrected chi connectivity index (χ2v) is 4.85. The van der Waals surface area contributed by atoms with Crippen LogP contribution in [-0.2, 0) is 9.53 Å². The zero-order chi connectivity index (χ0) is 12.0. The number of nitrogens with one attached hydrogen (secondary N) is 1. The smallest absolute Gasteiger partial charge is 0.235 e. The van der Waals surface area contributed by atoms with E-state index in [1.54, 1.807) is 0 Å². The molecule has 0 unspecified atom stereocenters. The molecule has 4 nitrogen and oxygen atoms in total. The average molecular weight is 249 g/mol. The van der Waals surface area contributed by atoms with E-state index in [2.05, 4.69) is 24.1 Å². The Kier molecular flexibility index (Phi) is 6.09. The highest BCUT2D eigenvalue weighted by atomic mass is 35.5. The van der Waals surface area contributed by atoms with E-state index in [1.165, 1.54) is 0 Å². The number of hydrogen-bond acceptors (Lipinski definition) is 3. The van der Waals surface area contributed by atoms with Gasteiger partial charge in [-0.15, -0.1) is 11.6 Å². The summed E-state index contributed by atoms with van der Waals surface area (Å²) in [6.07, 6.45) is 0.0969. The van der Waals surface area contributed by atoms with Crippen molar-refractivity contribution in [3.8, 4) is 0 Å². The van der Waals surface area contributed by atoms with E-state index < -0.39 is 0 Å². The Morgan fingerprint density at radius 3 is 3.00 bits per heavy atom. The number of halogens is 1. The fraction of sp³-hybridized carbons (Fsp3) is 0.909.